The van der Waals surface area contributed by atoms with Crippen LogP contribution < -0.4 is 0 Å². The number of benzene rings is 2. The summed E-state index contributed by atoms with van der Waals surface area (Å²) in [6.45, 7) is 8.12. The van der Waals surface area contributed by atoms with Crippen LogP contribution in [-0.4, -0.2) is 10.2 Å². The molecule has 0 aromatic heterocycles. The largest absolute Gasteiger partial charge is 0.507 e. The van der Waals surface area contributed by atoms with Gasteiger partial charge in [0.05, 0.1) is 0 Å². The minimum absolute atomic E-state index is 0.456. The van der Waals surface area contributed by atoms with E-state index in [9.17, 15) is 10.2 Å². The first kappa shape index (κ1) is 19.0. The topological polar surface area (TPSA) is 40.5 Å². The minimum Gasteiger partial charge on any atom is -0.507 e. The average molecular weight is 391 g/mol. The zero-order valence-electron chi connectivity index (χ0n) is 18.2. The summed E-state index contributed by atoms with van der Waals surface area (Å²) in [7, 11) is 0. The third-order valence-electron chi connectivity index (χ3n) is 8.59. The number of phenolic OH excluding ortho intramolecular Hbond substituents is 2. The lowest BCUT2D eigenvalue weighted by molar-refractivity contribution is 0.259. The summed E-state index contributed by atoms with van der Waals surface area (Å²) in [4.78, 5) is 0. The van der Waals surface area contributed by atoms with Crippen LogP contribution in [-0.2, 0) is 6.42 Å². The monoisotopic (exact) mass is 390 g/mol. The molecule has 0 heterocycles. The van der Waals surface area contributed by atoms with Gasteiger partial charge < -0.3 is 10.2 Å². The van der Waals surface area contributed by atoms with E-state index in [0.717, 1.165) is 58.3 Å². The van der Waals surface area contributed by atoms with Gasteiger partial charge in [-0.05, 0) is 129 Å². The van der Waals surface area contributed by atoms with Crippen molar-refractivity contribution in [3.8, 4) is 11.5 Å². The van der Waals surface area contributed by atoms with Crippen LogP contribution in [0.25, 0.3) is 0 Å². The van der Waals surface area contributed by atoms with Crippen LogP contribution in [0.15, 0.2) is 24.3 Å². The summed E-state index contributed by atoms with van der Waals surface area (Å²) in [5.41, 5.74) is 6.98. The maximum absolute atomic E-state index is 10.2. The van der Waals surface area contributed by atoms with Gasteiger partial charge in [-0.2, -0.15) is 0 Å². The molecule has 2 aromatic carbocycles. The van der Waals surface area contributed by atoms with E-state index in [0.29, 0.717) is 17.4 Å². The fourth-order valence-corrected chi connectivity index (χ4v) is 7.56. The van der Waals surface area contributed by atoms with Crippen molar-refractivity contribution in [2.24, 2.45) is 29.6 Å². The highest BCUT2D eigenvalue weighted by molar-refractivity contribution is 5.45. The highest BCUT2D eigenvalue weighted by Gasteiger charge is 2.57. The molecule has 0 radical (unpaired) electrons. The maximum Gasteiger partial charge on any atom is 0.121 e. The molecule has 3 aliphatic carbocycles. The van der Waals surface area contributed by atoms with Gasteiger partial charge in [-0.3, -0.25) is 0 Å². The van der Waals surface area contributed by atoms with Gasteiger partial charge in [0.1, 0.15) is 11.5 Å². The zero-order valence-corrected chi connectivity index (χ0v) is 18.2. The van der Waals surface area contributed by atoms with Crippen molar-refractivity contribution >= 4 is 0 Å². The number of fused-ring (bicyclic) bond motifs is 5. The Hall–Kier alpha value is -1.96. The number of hydrogen-bond acceptors (Lipinski definition) is 2. The predicted molar refractivity (Wildman–Crippen MR) is 118 cm³/mol. The van der Waals surface area contributed by atoms with Crippen molar-refractivity contribution < 1.29 is 10.2 Å². The van der Waals surface area contributed by atoms with Crippen molar-refractivity contribution in [2.75, 3.05) is 0 Å². The molecule has 4 unspecified atom stereocenters. The predicted octanol–water partition coefficient (Wildman–Crippen LogP) is 6.34. The molecule has 2 nitrogen and oxygen atoms in total. The number of hydrogen-bond donors (Lipinski definition) is 2. The molecule has 2 bridgehead atoms. The summed E-state index contributed by atoms with van der Waals surface area (Å²) in [6, 6.07) is 8.91. The Morgan fingerprint density at radius 1 is 0.690 bits per heavy atom. The van der Waals surface area contributed by atoms with Crippen LogP contribution >= 0.6 is 0 Å². The molecule has 0 spiro atoms. The summed E-state index contributed by atoms with van der Waals surface area (Å²) >= 11 is 0. The van der Waals surface area contributed by atoms with E-state index >= 15 is 0 Å². The van der Waals surface area contributed by atoms with Crippen LogP contribution in [0.1, 0.15) is 65.0 Å². The standard InChI is InChI=1S/C27H34O2/c1-14-7-18(8-15(2)26(14)28)11-19-12-23-21-5-6-22(24(23)13-19)25(21)20-9-16(3)27(29)17(4)10-20/h7-10,19,21-25,28-29H,5-6,11-13H2,1-4H3. The first-order chi connectivity index (χ1) is 13.8. The zero-order chi connectivity index (χ0) is 20.4. The van der Waals surface area contributed by atoms with E-state index in [2.05, 4.69) is 24.3 Å². The van der Waals surface area contributed by atoms with Crippen molar-refractivity contribution in [1.82, 2.24) is 0 Å². The Morgan fingerprint density at radius 2 is 1.14 bits per heavy atom. The Labute approximate surface area is 175 Å². The van der Waals surface area contributed by atoms with E-state index in [1.54, 1.807) is 0 Å². The molecule has 0 amide bonds. The molecular weight excluding hydrogens is 356 g/mol. The molecule has 0 aliphatic heterocycles. The highest BCUT2D eigenvalue weighted by Crippen LogP contribution is 2.66. The second kappa shape index (κ2) is 6.79. The summed E-state index contributed by atoms with van der Waals surface area (Å²) < 4.78 is 0. The lowest BCUT2D eigenvalue weighted by Crippen LogP contribution is -2.15. The Kier molecular flexibility index (Phi) is 4.46. The first-order valence-corrected chi connectivity index (χ1v) is 11.4. The molecule has 2 aromatic rings. The second-order valence-corrected chi connectivity index (χ2v) is 10.4. The Balaban J connectivity index is 1.34. The van der Waals surface area contributed by atoms with Crippen LogP contribution in [0.5, 0.6) is 11.5 Å². The molecule has 2 heteroatoms. The lowest BCUT2D eigenvalue weighted by atomic mass is 9.82. The highest BCUT2D eigenvalue weighted by atomic mass is 16.3. The van der Waals surface area contributed by atoms with Crippen LogP contribution in [0, 0.1) is 57.3 Å². The van der Waals surface area contributed by atoms with E-state index in [4.69, 9.17) is 0 Å². The van der Waals surface area contributed by atoms with Crippen molar-refractivity contribution in [1.29, 1.82) is 0 Å². The molecule has 29 heavy (non-hydrogen) atoms. The van der Waals surface area contributed by atoms with Gasteiger partial charge in [-0.1, -0.05) is 24.3 Å². The normalized spacial score (nSPS) is 32.7. The van der Waals surface area contributed by atoms with Crippen LogP contribution in [0.4, 0.5) is 0 Å². The van der Waals surface area contributed by atoms with E-state index in [1.807, 2.05) is 27.7 Å². The summed E-state index contributed by atoms with van der Waals surface area (Å²) in [5, 5.41) is 20.3. The SMILES string of the molecule is Cc1cc(CC2CC3C(C2)C2CCC3C2c2cc(C)c(O)c(C)c2)cc(C)c1O. The third kappa shape index (κ3) is 2.98. The van der Waals surface area contributed by atoms with Crippen molar-refractivity contribution in [2.45, 2.75) is 65.7 Å². The molecular formula is C27H34O2. The van der Waals surface area contributed by atoms with Gasteiger partial charge >= 0.3 is 0 Å². The number of aromatic hydroxyl groups is 2. The third-order valence-corrected chi connectivity index (χ3v) is 8.59. The fourth-order valence-electron chi connectivity index (χ4n) is 7.56. The molecule has 4 atom stereocenters. The molecule has 3 saturated carbocycles. The Morgan fingerprint density at radius 3 is 1.62 bits per heavy atom. The molecule has 154 valence electrons. The first-order valence-electron chi connectivity index (χ1n) is 11.4. The van der Waals surface area contributed by atoms with Crippen LogP contribution in [0.3, 0.4) is 0 Å². The maximum atomic E-state index is 10.2. The quantitative estimate of drug-likeness (QED) is 0.642. The van der Waals surface area contributed by atoms with E-state index in [1.165, 1.54) is 36.8 Å². The van der Waals surface area contributed by atoms with Gasteiger partial charge in [-0.15, -0.1) is 0 Å². The smallest absolute Gasteiger partial charge is 0.121 e. The van der Waals surface area contributed by atoms with E-state index in [-0.39, 0.29) is 0 Å². The minimum atomic E-state index is 0.456. The number of rotatable bonds is 3. The molecule has 3 aliphatic rings. The van der Waals surface area contributed by atoms with Gasteiger partial charge in [0.2, 0.25) is 0 Å². The molecule has 0 saturated heterocycles. The van der Waals surface area contributed by atoms with Crippen molar-refractivity contribution in [3.05, 3.63) is 57.6 Å². The lowest BCUT2D eigenvalue weighted by Gasteiger charge is -2.23. The van der Waals surface area contributed by atoms with Gasteiger partial charge in [-0.25, -0.2) is 0 Å². The van der Waals surface area contributed by atoms with Crippen molar-refractivity contribution in [3.63, 3.8) is 0 Å². The molecule has 5 rings (SSSR count). The fraction of sp³-hybridized carbons (Fsp3) is 0.556. The average Bonchev–Trinajstić information content (AvgIpc) is 3.34. The number of aryl methyl sites for hydroxylation is 4. The molecule has 3 fully saturated rings. The number of phenols is 2. The van der Waals surface area contributed by atoms with Gasteiger partial charge in [0.15, 0.2) is 0 Å². The van der Waals surface area contributed by atoms with E-state index < -0.39 is 0 Å². The van der Waals surface area contributed by atoms with Gasteiger partial charge in [0.25, 0.3) is 0 Å². The summed E-state index contributed by atoms with van der Waals surface area (Å²) in [6.07, 6.45) is 6.68. The Bertz CT molecular complexity index is 893. The molecule has 2 N–H and O–H groups in total. The second-order valence-electron chi connectivity index (χ2n) is 10.4. The van der Waals surface area contributed by atoms with Gasteiger partial charge in [0, 0.05) is 0 Å². The summed E-state index contributed by atoms with van der Waals surface area (Å²) in [5.74, 6) is 5.87. The van der Waals surface area contributed by atoms with Crippen LogP contribution in [0.2, 0.25) is 0 Å².